The number of carbonyl (C=O) groups excluding carboxylic acids is 2. The SMILES string of the molecule is Cc1ccc(S(=O)(=O)N(CC(=O)N(Cc2c(Cl)cccc2Cl)[C@@H](C)C(=O)NC2CCCC2)c2cc(C)cc(C)c2)cc1. The van der Waals surface area contributed by atoms with Crippen LogP contribution in [0.5, 0.6) is 0 Å². The van der Waals surface area contributed by atoms with E-state index in [1.807, 2.05) is 26.8 Å². The third kappa shape index (κ3) is 7.46. The fourth-order valence-corrected chi connectivity index (χ4v) is 7.20. The molecule has 4 rings (SSSR count). The number of amides is 2. The van der Waals surface area contributed by atoms with Crippen molar-refractivity contribution in [3.8, 4) is 0 Å². The van der Waals surface area contributed by atoms with Crippen molar-refractivity contribution in [3.63, 3.8) is 0 Å². The molecule has 0 saturated heterocycles. The van der Waals surface area contributed by atoms with Crippen LogP contribution in [0.25, 0.3) is 0 Å². The Hall–Kier alpha value is -3.07. The topological polar surface area (TPSA) is 86.8 Å². The maximum atomic E-state index is 14.2. The van der Waals surface area contributed by atoms with E-state index in [1.54, 1.807) is 49.4 Å². The first-order chi connectivity index (χ1) is 19.9. The monoisotopic (exact) mass is 629 g/mol. The van der Waals surface area contributed by atoms with Gasteiger partial charge < -0.3 is 10.2 Å². The van der Waals surface area contributed by atoms with Crippen LogP contribution in [-0.2, 0) is 26.2 Å². The molecule has 3 aromatic carbocycles. The first-order valence-electron chi connectivity index (χ1n) is 14.1. The summed E-state index contributed by atoms with van der Waals surface area (Å²) in [5, 5.41) is 3.76. The van der Waals surface area contributed by atoms with Gasteiger partial charge >= 0.3 is 0 Å². The summed E-state index contributed by atoms with van der Waals surface area (Å²) in [6, 6.07) is 16.1. The maximum Gasteiger partial charge on any atom is 0.264 e. The summed E-state index contributed by atoms with van der Waals surface area (Å²) in [6.07, 6.45) is 3.86. The first kappa shape index (κ1) is 31.9. The molecule has 10 heteroatoms. The van der Waals surface area contributed by atoms with E-state index in [-0.39, 0.29) is 23.4 Å². The predicted molar refractivity (Wildman–Crippen MR) is 168 cm³/mol. The zero-order valence-electron chi connectivity index (χ0n) is 24.4. The van der Waals surface area contributed by atoms with Crippen LogP contribution in [0, 0.1) is 20.8 Å². The normalized spacial score (nSPS) is 14.4. The molecule has 0 bridgehead atoms. The minimum Gasteiger partial charge on any atom is -0.352 e. The summed E-state index contributed by atoms with van der Waals surface area (Å²) in [4.78, 5) is 29.0. The van der Waals surface area contributed by atoms with Crippen molar-refractivity contribution < 1.29 is 18.0 Å². The second kappa shape index (κ2) is 13.5. The smallest absolute Gasteiger partial charge is 0.264 e. The van der Waals surface area contributed by atoms with E-state index in [4.69, 9.17) is 23.2 Å². The molecule has 0 unspecified atom stereocenters. The van der Waals surface area contributed by atoms with Gasteiger partial charge in [0.15, 0.2) is 0 Å². The van der Waals surface area contributed by atoms with Gasteiger partial charge in [0.1, 0.15) is 12.6 Å². The summed E-state index contributed by atoms with van der Waals surface area (Å²) in [5.74, 6) is -0.868. The highest BCUT2D eigenvalue weighted by Crippen LogP contribution is 2.29. The summed E-state index contributed by atoms with van der Waals surface area (Å²) in [5.41, 5.74) is 3.46. The molecule has 7 nitrogen and oxygen atoms in total. The molecule has 0 aliphatic heterocycles. The van der Waals surface area contributed by atoms with E-state index in [1.165, 1.54) is 17.0 Å². The van der Waals surface area contributed by atoms with E-state index in [0.717, 1.165) is 46.7 Å². The highest BCUT2D eigenvalue weighted by Gasteiger charge is 2.34. The molecule has 0 aromatic heterocycles. The van der Waals surface area contributed by atoms with E-state index in [0.29, 0.717) is 21.3 Å². The molecule has 0 heterocycles. The summed E-state index contributed by atoms with van der Waals surface area (Å²) in [7, 11) is -4.15. The van der Waals surface area contributed by atoms with Crippen LogP contribution in [0.3, 0.4) is 0 Å². The Bertz CT molecular complexity index is 1510. The highest BCUT2D eigenvalue weighted by atomic mass is 35.5. The van der Waals surface area contributed by atoms with Gasteiger partial charge in [-0.1, -0.05) is 65.9 Å². The lowest BCUT2D eigenvalue weighted by Gasteiger charge is -2.33. The number of hydrogen-bond donors (Lipinski definition) is 1. The lowest BCUT2D eigenvalue weighted by molar-refractivity contribution is -0.139. The summed E-state index contributed by atoms with van der Waals surface area (Å²) < 4.78 is 29.2. The number of aryl methyl sites for hydroxylation is 3. The molecule has 42 heavy (non-hydrogen) atoms. The summed E-state index contributed by atoms with van der Waals surface area (Å²) in [6.45, 7) is 6.66. The number of anilines is 1. The molecular weight excluding hydrogens is 593 g/mol. The van der Waals surface area contributed by atoms with Crippen LogP contribution in [0.1, 0.15) is 54.9 Å². The number of benzene rings is 3. The van der Waals surface area contributed by atoms with E-state index < -0.39 is 28.5 Å². The lowest BCUT2D eigenvalue weighted by atomic mass is 10.1. The first-order valence-corrected chi connectivity index (χ1v) is 16.3. The van der Waals surface area contributed by atoms with Crippen LogP contribution >= 0.6 is 23.2 Å². The van der Waals surface area contributed by atoms with Gasteiger partial charge in [-0.25, -0.2) is 8.42 Å². The number of nitrogens with one attached hydrogen (secondary N) is 1. The van der Waals surface area contributed by atoms with Gasteiger partial charge in [0.05, 0.1) is 10.6 Å². The van der Waals surface area contributed by atoms with E-state index >= 15 is 0 Å². The Kier molecular flexibility index (Phi) is 10.2. The molecule has 3 aromatic rings. The second-order valence-corrected chi connectivity index (χ2v) is 13.7. The molecule has 0 radical (unpaired) electrons. The Morgan fingerprint density at radius 1 is 0.905 bits per heavy atom. The number of rotatable bonds is 10. The van der Waals surface area contributed by atoms with Gasteiger partial charge in [-0.05, 0) is 88.1 Å². The standard InChI is InChI=1S/C32H37Cl2N3O4S/c1-21-12-14-27(15-13-21)42(40,41)37(26-17-22(2)16-23(3)18-26)20-31(38)36(19-28-29(33)10-7-11-30(28)34)24(4)32(39)35-25-8-5-6-9-25/h7,10-18,24-25H,5-6,8-9,19-20H2,1-4H3,(H,35,39)/t24-/m0/s1. The van der Waals surface area contributed by atoms with Gasteiger partial charge in [0.25, 0.3) is 10.0 Å². The Balaban J connectivity index is 1.74. The number of halogens is 2. The maximum absolute atomic E-state index is 14.2. The van der Waals surface area contributed by atoms with Crippen molar-refractivity contribution in [1.29, 1.82) is 0 Å². The van der Waals surface area contributed by atoms with Gasteiger partial charge in [-0.3, -0.25) is 13.9 Å². The molecular formula is C32H37Cl2N3O4S. The molecule has 1 fully saturated rings. The molecule has 224 valence electrons. The zero-order valence-corrected chi connectivity index (χ0v) is 26.7. The fourth-order valence-electron chi connectivity index (χ4n) is 5.29. The average molecular weight is 631 g/mol. The Labute approximate surface area is 258 Å². The van der Waals surface area contributed by atoms with Crippen LogP contribution in [-0.4, -0.2) is 43.8 Å². The van der Waals surface area contributed by atoms with Crippen molar-refractivity contribution >= 4 is 50.7 Å². The predicted octanol–water partition coefficient (Wildman–Crippen LogP) is 6.59. The molecule has 1 aliphatic carbocycles. The number of nitrogens with zero attached hydrogens (tertiary/aromatic N) is 2. The number of carbonyl (C=O) groups is 2. The number of hydrogen-bond acceptors (Lipinski definition) is 4. The minimum atomic E-state index is -4.15. The molecule has 0 spiro atoms. The second-order valence-electron chi connectivity index (χ2n) is 11.1. The van der Waals surface area contributed by atoms with Gasteiger partial charge in [0, 0.05) is 28.2 Å². The van der Waals surface area contributed by atoms with Crippen molar-refractivity contribution in [2.75, 3.05) is 10.8 Å². The van der Waals surface area contributed by atoms with Gasteiger partial charge in [-0.2, -0.15) is 0 Å². The van der Waals surface area contributed by atoms with Crippen molar-refractivity contribution in [2.45, 2.75) is 76.9 Å². The van der Waals surface area contributed by atoms with Crippen molar-refractivity contribution in [3.05, 3.63) is 93.0 Å². The van der Waals surface area contributed by atoms with Gasteiger partial charge in [-0.15, -0.1) is 0 Å². The van der Waals surface area contributed by atoms with Crippen LogP contribution in [0.4, 0.5) is 5.69 Å². The third-order valence-electron chi connectivity index (χ3n) is 7.64. The molecule has 1 saturated carbocycles. The Morgan fingerprint density at radius 2 is 1.48 bits per heavy atom. The Morgan fingerprint density at radius 3 is 2.05 bits per heavy atom. The summed E-state index contributed by atoms with van der Waals surface area (Å²) >= 11 is 12.9. The quantitative estimate of drug-likeness (QED) is 0.274. The van der Waals surface area contributed by atoms with Crippen LogP contribution in [0.2, 0.25) is 10.0 Å². The van der Waals surface area contributed by atoms with Crippen LogP contribution < -0.4 is 9.62 Å². The van der Waals surface area contributed by atoms with E-state index in [2.05, 4.69) is 5.32 Å². The molecule has 1 atom stereocenters. The minimum absolute atomic E-state index is 0.0505. The third-order valence-corrected chi connectivity index (χ3v) is 10.1. The largest absolute Gasteiger partial charge is 0.352 e. The fraction of sp³-hybridized carbons (Fsp3) is 0.375. The average Bonchev–Trinajstić information content (AvgIpc) is 3.43. The molecule has 1 N–H and O–H groups in total. The molecule has 1 aliphatic rings. The van der Waals surface area contributed by atoms with Crippen molar-refractivity contribution in [1.82, 2.24) is 10.2 Å². The lowest BCUT2D eigenvalue weighted by Crippen LogP contribution is -2.52. The van der Waals surface area contributed by atoms with Gasteiger partial charge in [0.2, 0.25) is 11.8 Å². The number of sulfonamides is 1. The zero-order chi connectivity index (χ0) is 30.6. The van der Waals surface area contributed by atoms with Crippen LogP contribution in [0.15, 0.2) is 65.6 Å². The van der Waals surface area contributed by atoms with E-state index in [9.17, 15) is 18.0 Å². The highest BCUT2D eigenvalue weighted by molar-refractivity contribution is 7.92. The molecule has 2 amide bonds. The van der Waals surface area contributed by atoms with Crippen molar-refractivity contribution in [2.24, 2.45) is 0 Å².